The van der Waals surface area contributed by atoms with E-state index < -0.39 is 0 Å². The molecule has 0 unspecified atom stereocenters. The van der Waals surface area contributed by atoms with Crippen LogP contribution in [0.15, 0.2) is 41.9 Å². The van der Waals surface area contributed by atoms with Crippen molar-refractivity contribution in [1.82, 2.24) is 15.0 Å². The summed E-state index contributed by atoms with van der Waals surface area (Å²) < 4.78 is 2.04. The highest BCUT2D eigenvalue weighted by Gasteiger charge is 2.51. The molecule has 2 aromatic heterocycles. The molecule has 4 aliphatic rings. The Morgan fingerprint density at radius 1 is 1.15 bits per heavy atom. The van der Waals surface area contributed by atoms with Crippen LogP contribution in [-0.2, 0) is 17.8 Å². The maximum absolute atomic E-state index is 12.6. The number of aryl methyl sites for hydroxylation is 1. The van der Waals surface area contributed by atoms with Gasteiger partial charge in [0.05, 0.1) is 17.1 Å². The number of hydrogen-bond donors (Lipinski definition) is 2. The van der Waals surface area contributed by atoms with Crippen LogP contribution in [0.5, 0.6) is 0 Å². The van der Waals surface area contributed by atoms with Crippen molar-refractivity contribution in [3.05, 3.63) is 47.6 Å². The van der Waals surface area contributed by atoms with E-state index in [0.29, 0.717) is 29.6 Å². The number of carbonyl (C=O) groups excluding carboxylic acids is 1. The van der Waals surface area contributed by atoms with Crippen LogP contribution in [0.3, 0.4) is 0 Å². The van der Waals surface area contributed by atoms with E-state index in [9.17, 15) is 4.79 Å². The Morgan fingerprint density at radius 2 is 1.91 bits per heavy atom. The van der Waals surface area contributed by atoms with Gasteiger partial charge in [-0.3, -0.25) is 9.48 Å². The van der Waals surface area contributed by atoms with E-state index in [1.807, 2.05) is 34.3 Å². The third kappa shape index (κ3) is 4.31. The van der Waals surface area contributed by atoms with Crippen molar-refractivity contribution in [2.75, 3.05) is 11.1 Å². The Labute approximate surface area is 198 Å². The number of nitrogens with zero attached hydrogens (tertiary/aromatic N) is 3. The zero-order chi connectivity index (χ0) is 22.4. The number of amides is 1. The summed E-state index contributed by atoms with van der Waals surface area (Å²) in [6.07, 6.45) is 11.5. The van der Waals surface area contributed by atoms with Crippen molar-refractivity contribution in [1.29, 1.82) is 0 Å². The van der Waals surface area contributed by atoms with Gasteiger partial charge in [-0.05, 0) is 90.8 Å². The first-order valence-electron chi connectivity index (χ1n) is 12.2. The van der Waals surface area contributed by atoms with Gasteiger partial charge in [-0.1, -0.05) is 17.3 Å². The second-order valence-electron chi connectivity index (χ2n) is 10.7. The zero-order valence-corrected chi connectivity index (χ0v) is 19.7. The van der Waals surface area contributed by atoms with Crippen molar-refractivity contribution < 1.29 is 4.79 Å². The van der Waals surface area contributed by atoms with Crippen LogP contribution in [0.2, 0.25) is 0 Å². The fourth-order valence-electron chi connectivity index (χ4n) is 7.07. The number of thiophene rings is 1. The third-order valence-electron chi connectivity index (χ3n) is 7.99. The normalized spacial score (nSPS) is 27.7. The Hall–Kier alpha value is -2.67. The summed E-state index contributed by atoms with van der Waals surface area (Å²) in [5, 5.41) is 13.8. The van der Waals surface area contributed by atoms with Crippen LogP contribution in [0.1, 0.15) is 50.6 Å². The van der Waals surface area contributed by atoms with Gasteiger partial charge in [0.1, 0.15) is 0 Å². The minimum absolute atomic E-state index is 0.0549. The van der Waals surface area contributed by atoms with Crippen molar-refractivity contribution in [3.8, 4) is 10.4 Å². The maximum atomic E-state index is 12.6. The van der Waals surface area contributed by atoms with Crippen LogP contribution < -0.4 is 11.1 Å². The molecule has 0 saturated heterocycles. The maximum Gasteiger partial charge on any atom is 0.224 e. The SMILES string of the molecule is Nc1ccc(-c2cccs2)cc1NC(=O)CCc1cn(CC23CC4CC(CC(C4)C2)C3)nn1. The van der Waals surface area contributed by atoms with E-state index in [1.165, 1.54) is 38.5 Å². The highest BCUT2D eigenvalue weighted by atomic mass is 32.1. The van der Waals surface area contributed by atoms with Gasteiger partial charge >= 0.3 is 0 Å². The van der Waals surface area contributed by atoms with E-state index in [-0.39, 0.29) is 5.91 Å². The zero-order valence-electron chi connectivity index (χ0n) is 18.9. The number of rotatable bonds is 7. The number of nitrogen functional groups attached to an aromatic ring is 1. The molecular weight excluding hydrogens is 430 g/mol. The predicted molar refractivity (Wildman–Crippen MR) is 132 cm³/mol. The van der Waals surface area contributed by atoms with E-state index in [0.717, 1.165) is 40.4 Å². The second-order valence-corrected chi connectivity index (χ2v) is 11.6. The molecule has 7 rings (SSSR count). The Kier molecular flexibility index (Phi) is 5.24. The molecule has 1 amide bonds. The van der Waals surface area contributed by atoms with E-state index in [4.69, 9.17) is 5.73 Å². The minimum Gasteiger partial charge on any atom is -0.397 e. The average Bonchev–Trinajstić information content (AvgIpc) is 3.45. The summed E-state index contributed by atoms with van der Waals surface area (Å²) in [5.41, 5.74) is 9.72. The number of aromatic nitrogens is 3. The molecule has 4 saturated carbocycles. The van der Waals surface area contributed by atoms with Gasteiger partial charge < -0.3 is 11.1 Å². The first kappa shape index (κ1) is 20.9. The highest BCUT2D eigenvalue weighted by Crippen LogP contribution is 2.60. The molecule has 2 heterocycles. The summed E-state index contributed by atoms with van der Waals surface area (Å²) >= 11 is 1.67. The molecule has 0 atom stereocenters. The van der Waals surface area contributed by atoms with Gasteiger partial charge in [0.15, 0.2) is 0 Å². The number of anilines is 2. The van der Waals surface area contributed by atoms with Gasteiger partial charge in [-0.25, -0.2) is 0 Å². The molecule has 7 heteroatoms. The summed E-state index contributed by atoms with van der Waals surface area (Å²) in [5.74, 6) is 2.76. The molecule has 6 nitrogen and oxygen atoms in total. The second kappa shape index (κ2) is 8.28. The highest BCUT2D eigenvalue weighted by molar-refractivity contribution is 7.13. The Bertz CT molecular complexity index is 1120. The molecule has 1 aromatic carbocycles. The fourth-order valence-corrected chi connectivity index (χ4v) is 7.80. The molecular formula is C26H31N5OS. The van der Waals surface area contributed by atoms with E-state index >= 15 is 0 Å². The summed E-state index contributed by atoms with van der Waals surface area (Å²) in [7, 11) is 0. The van der Waals surface area contributed by atoms with Crippen molar-refractivity contribution in [2.24, 2.45) is 23.2 Å². The molecule has 0 radical (unpaired) electrons. The van der Waals surface area contributed by atoms with Crippen LogP contribution in [0, 0.1) is 23.2 Å². The number of nitrogens with two attached hydrogens (primary N) is 1. The fraction of sp³-hybridized carbons (Fsp3) is 0.500. The Balaban J connectivity index is 1.06. The number of benzene rings is 1. The molecule has 172 valence electrons. The standard InChI is InChI=1S/C26H31N5OS/c27-22-5-3-20(24-2-1-7-33-24)11-23(22)28-25(32)6-4-21-15-31(30-29-21)16-26-12-17-8-18(13-26)10-19(9-17)14-26/h1-3,5,7,11,15,17-19H,4,6,8-10,12-14,16,27H2,(H,28,32). The summed E-state index contributed by atoms with van der Waals surface area (Å²) in [6, 6.07) is 9.86. The van der Waals surface area contributed by atoms with Crippen LogP contribution in [-0.4, -0.2) is 20.9 Å². The Morgan fingerprint density at radius 3 is 2.61 bits per heavy atom. The lowest BCUT2D eigenvalue weighted by Gasteiger charge is -2.56. The van der Waals surface area contributed by atoms with Gasteiger partial charge in [-0.15, -0.1) is 16.4 Å². The molecule has 33 heavy (non-hydrogen) atoms. The van der Waals surface area contributed by atoms with Crippen molar-refractivity contribution in [2.45, 2.75) is 57.9 Å². The third-order valence-corrected chi connectivity index (χ3v) is 8.91. The minimum atomic E-state index is -0.0549. The number of carbonyl (C=O) groups is 1. The first-order chi connectivity index (χ1) is 16.0. The summed E-state index contributed by atoms with van der Waals surface area (Å²) in [6.45, 7) is 0.988. The van der Waals surface area contributed by atoms with E-state index in [2.05, 4.69) is 27.9 Å². The molecule has 3 N–H and O–H groups in total. The van der Waals surface area contributed by atoms with Gasteiger partial charge in [0.2, 0.25) is 5.91 Å². The first-order valence-corrected chi connectivity index (χ1v) is 13.0. The molecule has 0 spiro atoms. The monoisotopic (exact) mass is 461 g/mol. The average molecular weight is 462 g/mol. The molecule has 0 aliphatic heterocycles. The molecule has 3 aromatic rings. The molecule has 4 aliphatic carbocycles. The van der Waals surface area contributed by atoms with Gasteiger partial charge in [0.25, 0.3) is 0 Å². The quantitative estimate of drug-likeness (QED) is 0.463. The van der Waals surface area contributed by atoms with E-state index in [1.54, 1.807) is 11.3 Å². The van der Waals surface area contributed by atoms with Gasteiger partial charge in [0, 0.05) is 30.5 Å². The van der Waals surface area contributed by atoms with Crippen molar-refractivity contribution >= 4 is 28.6 Å². The van der Waals surface area contributed by atoms with Crippen molar-refractivity contribution in [3.63, 3.8) is 0 Å². The lowest BCUT2D eigenvalue weighted by atomic mass is 9.49. The topological polar surface area (TPSA) is 85.8 Å². The van der Waals surface area contributed by atoms with Gasteiger partial charge in [-0.2, -0.15) is 0 Å². The molecule has 4 fully saturated rings. The molecule has 4 bridgehead atoms. The predicted octanol–water partition coefficient (Wildman–Crippen LogP) is 5.38. The van der Waals surface area contributed by atoms with Crippen LogP contribution in [0.4, 0.5) is 11.4 Å². The summed E-state index contributed by atoms with van der Waals surface area (Å²) in [4.78, 5) is 13.8. The largest absolute Gasteiger partial charge is 0.397 e. The van der Waals surface area contributed by atoms with Crippen LogP contribution >= 0.6 is 11.3 Å². The number of hydrogen-bond acceptors (Lipinski definition) is 5. The van der Waals surface area contributed by atoms with Crippen LogP contribution in [0.25, 0.3) is 10.4 Å². The lowest BCUT2D eigenvalue weighted by Crippen LogP contribution is -2.48. The lowest BCUT2D eigenvalue weighted by molar-refractivity contribution is -0.116. The number of nitrogens with one attached hydrogen (secondary N) is 1. The smallest absolute Gasteiger partial charge is 0.224 e.